The minimum Gasteiger partial charge on any atom is -0.454 e. The Morgan fingerprint density at radius 1 is 1.07 bits per heavy atom. The molecule has 2 aromatic carbocycles. The second-order valence-corrected chi connectivity index (χ2v) is 5.92. The molecule has 138 valence electrons. The minimum absolute atomic E-state index is 0.242. The van der Waals surface area contributed by atoms with Gasteiger partial charge in [-0.25, -0.2) is 18.3 Å². The van der Waals surface area contributed by atoms with Crippen molar-refractivity contribution in [3.63, 3.8) is 0 Å². The SMILES string of the molecule is Cc1nn(-c2ccccc2)c(C)c1C(=O)OCC(=O)c1ccc(F)cc1F. The van der Waals surface area contributed by atoms with E-state index in [1.54, 1.807) is 18.5 Å². The van der Waals surface area contributed by atoms with Gasteiger partial charge < -0.3 is 4.74 Å². The molecule has 0 saturated heterocycles. The number of hydrogen-bond donors (Lipinski definition) is 0. The van der Waals surface area contributed by atoms with Crippen LogP contribution in [-0.2, 0) is 4.74 Å². The van der Waals surface area contributed by atoms with E-state index in [4.69, 9.17) is 4.74 Å². The van der Waals surface area contributed by atoms with Crippen LogP contribution in [0.2, 0.25) is 0 Å². The highest BCUT2D eigenvalue weighted by molar-refractivity contribution is 6.00. The number of ether oxygens (including phenoxy) is 1. The smallest absolute Gasteiger partial charge is 0.342 e. The molecule has 5 nitrogen and oxygen atoms in total. The quantitative estimate of drug-likeness (QED) is 0.506. The van der Waals surface area contributed by atoms with E-state index in [1.807, 2.05) is 30.3 Å². The van der Waals surface area contributed by atoms with Crippen LogP contribution in [0.5, 0.6) is 0 Å². The van der Waals surface area contributed by atoms with Gasteiger partial charge in [0.1, 0.15) is 17.2 Å². The molecule has 0 bridgehead atoms. The van der Waals surface area contributed by atoms with Crippen molar-refractivity contribution in [2.75, 3.05) is 6.61 Å². The third-order valence-electron chi connectivity index (χ3n) is 4.06. The molecular formula is C20H16F2N2O3. The summed E-state index contributed by atoms with van der Waals surface area (Å²) in [5.41, 5.74) is 1.69. The molecular weight excluding hydrogens is 354 g/mol. The number of nitrogens with zero attached hydrogens (tertiary/aromatic N) is 2. The molecule has 3 aromatic rings. The Morgan fingerprint density at radius 2 is 1.78 bits per heavy atom. The first-order chi connectivity index (χ1) is 12.9. The van der Waals surface area contributed by atoms with Crippen LogP contribution in [0, 0.1) is 25.5 Å². The molecule has 0 aliphatic rings. The maximum absolute atomic E-state index is 13.7. The number of carbonyl (C=O) groups excluding carboxylic acids is 2. The molecule has 0 spiro atoms. The third kappa shape index (κ3) is 3.76. The summed E-state index contributed by atoms with van der Waals surface area (Å²) in [6.07, 6.45) is 0. The van der Waals surface area contributed by atoms with Crippen molar-refractivity contribution in [1.29, 1.82) is 0 Å². The van der Waals surface area contributed by atoms with Crippen LogP contribution in [0.15, 0.2) is 48.5 Å². The average molecular weight is 370 g/mol. The zero-order valence-electron chi connectivity index (χ0n) is 14.7. The van der Waals surface area contributed by atoms with Gasteiger partial charge in [-0.3, -0.25) is 4.79 Å². The number of ketones is 1. The van der Waals surface area contributed by atoms with Crippen LogP contribution in [0.4, 0.5) is 8.78 Å². The molecule has 1 heterocycles. The maximum Gasteiger partial charge on any atom is 0.342 e. The van der Waals surface area contributed by atoms with E-state index in [2.05, 4.69) is 5.10 Å². The second-order valence-electron chi connectivity index (χ2n) is 5.92. The van der Waals surface area contributed by atoms with Crippen molar-refractivity contribution in [3.05, 3.63) is 82.7 Å². The van der Waals surface area contributed by atoms with Gasteiger partial charge in [0.25, 0.3) is 0 Å². The first kappa shape index (κ1) is 18.4. The summed E-state index contributed by atoms with van der Waals surface area (Å²) in [5.74, 6) is -3.28. The number of aromatic nitrogens is 2. The van der Waals surface area contributed by atoms with Gasteiger partial charge in [0.15, 0.2) is 6.61 Å². The summed E-state index contributed by atoms with van der Waals surface area (Å²) in [7, 11) is 0. The normalized spacial score (nSPS) is 10.7. The highest BCUT2D eigenvalue weighted by atomic mass is 19.1. The first-order valence-corrected chi connectivity index (χ1v) is 8.15. The van der Waals surface area contributed by atoms with Crippen molar-refractivity contribution < 1.29 is 23.1 Å². The fraction of sp³-hybridized carbons (Fsp3) is 0.150. The molecule has 0 aliphatic carbocycles. The topological polar surface area (TPSA) is 61.2 Å². The molecule has 0 unspecified atom stereocenters. The van der Waals surface area contributed by atoms with Crippen LogP contribution in [0.3, 0.4) is 0 Å². The van der Waals surface area contributed by atoms with Crippen LogP contribution < -0.4 is 0 Å². The standard InChI is InChI=1S/C20H16F2N2O3/c1-12-19(13(2)24(23-12)15-6-4-3-5-7-15)20(26)27-11-18(25)16-9-8-14(21)10-17(16)22/h3-10H,11H2,1-2H3. The summed E-state index contributed by atoms with van der Waals surface area (Å²) in [5, 5.41) is 4.34. The number of carbonyl (C=O) groups is 2. The Hall–Kier alpha value is -3.35. The van der Waals surface area contributed by atoms with E-state index in [1.165, 1.54) is 0 Å². The van der Waals surface area contributed by atoms with Gasteiger partial charge in [-0.1, -0.05) is 18.2 Å². The molecule has 27 heavy (non-hydrogen) atoms. The van der Waals surface area contributed by atoms with Gasteiger partial charge in [-0.05, 0) is 38.1 Å². The Kier molecular flexibility index (Phi) is 5.12. The van der Waals surface area contributed by atoms with Crippen molar-refractivity contribution in [2.45, 2.75) is 13.8 Å². The molecule has 0 amide bonds. The van der Waals surface area contributed by atoms with E-state index in [9.17, 15) is 18.4 Å². The maximum atomic E-state index is 13.7. The summed E-state index contributed by atoms with van der Waals surface area (Å²) in [6.45, 7) is 2.71. The van der Waals surface area contributed by atoms with Gasteiger partial charge in [0.05, 0.1) is 22.6 Å². The zero-order chi connectivity index (χ0) is 19.6. The van der Waals surface area contributed by atoms with Crippen molar-refractivity contribution in [1.82, 2.24) is 9.78 Å². The molecule has 0 radical (unpaired) electrons. The molecule has 7 heteroatoms. The number of esters is 1. The number of halogens is 2. The monoisotopic (exact) mass is 370 g/mol. The van der Waals surface area contributed by atoms with Gasteiger partial charge in [-0.2, -0.15) is 5.10 Å². The molecule has 0 atom stereocenters. The lowest BCUT2D eigenvalue weighted by Crippen LogP contribution is -2.16. The Balaban J connectivity index is 1.77. The lowest BCUT2D eigenvalue weighted by atomic mass is 10.1. The number of para-hydroxylation sites is 1. The van der Waals surface area contributed by atoms with Gasteiger partial charge in [0, 0.05) is 6.07 Å². The fourth-order valence-electron chi connectivity index (χ4n) is 2.76. The van der Waals surface area contributed by atoms with Crippen LogP contribution in [0.1, 0.15) is 32.1 Å². The fourth-order valence-corrected chi connectivity index (χ4v) is 2.76. The lowest BCUT2D eigenvalue weighted by Gasteiger charge is -2.07. The predicted octanol–water partition coefficient (Wildman–Crippen LogP) is 3.81. The van der Waals surface area contributed by atoms with Crippen molar-refractivity contribution >= 4 is 11.8 Å². The number of aryl methyl sites for hydroxylation is 1. The van der Waals surface area contributed by atoms with Crippen molar-refractivity contribution in [3.8, 4) is 5.69 Å². The van der Waals surface area contributed by atoms with E-state index in [0.717, 1.165) is 17.8 Å². The molecule has 1 aromatic heterocycles. The highest BCUT2D eigenvalue weighted by Gasteiger charge is 2.22. The van der Waals surface area contributed by atoms with E-state index >= 15 is 0 Å². The van der Waals surface area contributed by atoms with Gasteiger partial charge in [0.2, 0.25) is 5.78 Å². The molecule has 0 aliphatic heterocycles. The molecule has 3 rings (SSSR count). The first-order valence-electron chi connectivity index (χ1n) is 8.15. The zero-order valence-corrected chi connectivity index (χ0v) is 14.7. The summed E-state index contributed by atoms with van der Waals surface area (Å²) >= 11 is 0. The van der Waals surface area contributed by atoms with E-state index in [-0.39, 0.29) is 11.1 Å². The van der Waals surface area contributed by atoms with Crippen LogP contribution >= 0.6 is 0 Å². The average Bonchev–Trinajstić information content (AvgIpc) is 2.94. The van der Waals surface area contributed by atoms with Gasteiger partial charge >= 0.3 is 5.97 Å². The Labute approximate surface area is 154 Å². The number of benzene rings is 2. The Morgan fingerprint density at radius 3 is 2.44 bits per heavy atom. The summed E-state index contributed by atoms with van der Waals surface area (Å²) in [6, 6.07) is 11.8. The summed E-state index contributed by atoms with van der Waals surface area (Å²) < 4.78 is 33.2. The number of Topliss-reactive ketones (excluding diaryl/α,β-unsaturated/α-hetero) is 1. The number of hydrogen-bond acceptors (Lipinski definition) is 4. The highest BCUT2D eigenvalue weighted by Crippen LogP contribution is 2.19. The lowest BCUT2D eigenvalue weighted by molar-refractivity contribution is 0.0472. The predicted molar refractivity (Wildman–Crippen MR) is 94.0 cm³/mol. The van der Waals surface area contributed by atoms with E-state index < -0.39 is 30.0 Å². The molecule has 0 saturated carbocycles. The summed E-state index contributed by atoms with van der Waals surface area (Å²) in [4.78, 5) is 24.5. The third-order valence-corrected chi connectivity index (χ3v) is 4.06. The van der Waals surface area contributed by atoms with Gasteiger partial charge in [-0.15, -0.1) is 0 Å². The van der Waals surface area contributed by atoms with Crippen LogP contribution in [0.25, 0.3) is 5.69 Å². The number of rotatable bonds is 5. The minimum atomic E-state index is -1.000. The van der Waals surface area contributed by atoms with Crippen LogP contribution in [-0.4, -0.2) is 28.1 Å². The second kappa shape index (κ2) is 7.49. The Bertz CT molecular complexity index is 1010. The molecule has 0 N–H and O–H groups in total. The van der Waals surface area contributed by atoms with E-state index in [0.29, 0.717) is 17.5 Å². The van der Waals surface area contributed by atoms with Crippen molar-refractivity contribution in [2.24, 2.45) is 0 Å². The largest absolute Gasteiger partial charge is 0.454 e. The molecule has 0 fully saturated rings.